The Morgan fingerprint density at radius 3 is 2.69 bits per heavy atom. The Labute approximate surface area is 210 Å². The van der Waals surface area contributed by atoms with Crippen LogP contribution in [0.2, 0.25) is 0 Å². The van der Waals surface area contributed by atoms with Gasteiger partial charge < -0.3 is 4.90 Å². The number of pyridine rings is 2. The van der Waals surface area contributed by atoms with Crippen LogP contribution in [-0.2, 0) is 11.2 Å². The second-order valence-electron chi connectivity index (χ2n) is 9.97. The van der Waals surface area contributed by atoms with E-state index in [-0.39, 0.29) is 11.8 Å². The Balaban J connectivity index is 1.33. The number of nitrogens with zero attached hydrogens (tertiary/aromatic N) is 5. The lowest BCUT2D eigenvalue weighted by molar-refractivity contribution is -0.129. The Morgan fingerprint density at radius 2 is 1.97 bits per heavy atom. The Morgan fingerprint density at radius 1 is 1.14 bits per heavy atom. The lowest BCUT2D eigenvalue weighted by atomic mass is 9.92. The molecule has 1 saturated heterocycles. The minimum atomic E-state index is -0.0345. The predicted octanol–water partition coefficient (Wildman–Crippen LogP) is 5.27. The molecule has 6 rings (SSSR count). The van der Waals surface area contributed by atoms with Crippen molar-refractivity contribution in [1.29, 1.82) is 5.26 Å². The summed E-state index contributed by atoms with van der Waals surface area (Å²) in [5.41, 5.74) is 10.0. The van der Waals surface area contributed by atoms with Crippen LogP contribution < -0.4 is 0 Å². The van der Waals surface area contributed by atoms with Crippen LogP contribution in [0, 0.1) is 18.3 Å². The van der Waals surface area contributed by atoms with Gasteiger partial charge in [0.05, 0.1) is 23.2 Å². The number of likely N-dealkylation sites (tertiary alicyclic amines) is 1. The van der Waals surface area contributed by atoms with Crippen LogP contribution in [-0.4, -0.2) is 44.1 Å². The van der Waals surface area contributed by atoms with Crippen LogP contribution in [0.4, 0.5) is 0 Å². The SMILES string of the molecule is CC(=O)N1CCC(c2ccc(-c3n[nH]c4cc(C)c(-c5cccc6c5CCC6C#N)nc34)cn2)CC1. The number of nitriles is 1. The van der Waals surface area contributed by atoms with E-state index in [1.807, 2.05) is 17.2 Å². The van der Waals surface area contributed by atoms with Gasteiger partial charge in [0.15, 0.2) is 0 Å². The smallest absolute Gasteiger partial charge is 0.219 e. The van der Waals surface area contributed by atoms with Gasteiger partial charge in [0.1, 0.15) is 11.2 Å². The third-order valence-electron chi connectivity index (χ3n) is 7.83. The second-order valence-corrected chi connectivity index (χ2v) is 9.97. The monoisotopic (exact) mass is 476 g/mol. The number of rotatable bonds is 3. The molecule has 4 aromatic rings. The molecular weight excluding hydrogens is 448 g/mol. The van der Waals surface area contributed by atoms with E-state index in [9.17, 15) is 10.1 Å². The first-order chi connectivity index (χ1) is 17.5. The average Bonchev–Trinajstić information content (AvgIpc) is 3.52. The highest BCUT2D eigenvalue weighted by atomic mass is 16.2. The molecule has 1 aliphatic carbocycles. The first-order valence-corrected chi connectivity index (χ1v) is 12.6. The molecule has 0 spiro atoms. The standard InChI is InChI=1S/C29H28N6O/c1-17-14-26-29(32-27(17)24-5-3-4-22-20(15-30)6-8-23(22)24)28(34-33-26)21-7-9-25(31-16-21)19-10-12-35(13-11-19)18(2)36/h3-5,7,9,14,16,19-20H,6,8,10-13H2,1-2H3,(H,33,34). The van der Waals surface area contributed by atoms with Crippen LogP contribution in [0.5, 0.6) is 0 Å². The molecule has 7 heteroatoms. The lowest BCUT2D eigenvalue weighted by Crippen LogP contribution is -2.36. The van der Waals surface area contributed by atoms with E-state index in [1.54, 1.807) is 6.92 Å². The van der Waals surface area contributed by atoms with Crippen LogP contribution >= 0.6 is 0 Å². The van der Waals surface area contributed by atoms with Gasteiger partial charge in [-0.05, 0) is 67.5 Å². The fourth-order valence-corrected chi connectivity index (χ4v) is 5.81. The number of amides is 1. The molecule has 2 aliphatic rings. The fraction of sp³-hybridized carbons (Fsp3) is 0.345. The fourth-order valence-electron chi connectivity index (χ4n) is 5.81. The van der Waals surface area contributed by atoms with Gasteiger partial charge in [0.2, 0.25) is 5.91 Å². The number of aromatic nitrogens is 4. The van der Waals surface area contributed by atoms with E-state index in [0.29, 0.717) is 5.92 Å². The zero-order chi connectivity index (χ0) is 24.8. The topological polar surface area (TPSA) is 98.6 Å². The van der Waals surface area contributed by atoms with Gasteiger partial charge in [-0.25, -0.2) is 4.98 Å². The first-order valence-electron chi connectivity index (χ1n) is 12.6. The van der Waals surface area contributed by atoms with E-state index >= 15 is 0 Å². The number of fused-ring (bicyclic) bond motifs is 2. The van der Waals surface area contributed by atoms with Gasteiger partial charge in [-0.2, -0.15) is 10.4 Å². The van der Waals surface area contributed by atoms with E-state index in [1.165, 1.54) is 5.56 Å². The van der Waals surface area contributed by atoms with Crippen molar-refractivity contribution in [2.75, 3.05) is 13.1 Å². The summed E-state index contributed by atoms with van der Waals surface area (Å²) in [5, 5.41) is 17.3. The van der Waals surface area contributed by atoms with E-state index in [4.69, 9.17) is 9.97 Å². The molecule has 7 nitrogen and oxygen atoms in total. The van der Waals surface area contributed by atoms with E-state index in [2.05, 4.69) is 53.5 Å². The van der Waals surface area contributed by atoms with Gasteiger partial charge in [-0.15, -0.1) is 0 Å². The Kier molecular flexibility index (Phi) is 5.52. The van der Waals surface area contributed by atoms with Crippen molar-refractivity contribution in [3.8, 4) is 28.6 Å². The number of aromatic amines is 1. The number of H-pyrrole nitrogens is 1. The van der Waals surface area contributed by atoms with Crippen molar-refractivity contribution in [3.63, 3.8) is 0 Å². The van der Waals surface area contributed by atoms with Crippen molar-refractivity contribution in [3.05, 3.63) is 65.0 Å². The average molecular weight is 477 g/mol. The summed E-state index contributed by atoms with van der Waals surface area (Å²) in [7, 11) is 0. The van der Waals surface area contributed by atoms with Gasteiger partial charge in [-0.1, -0.05) is 18.2 Å². The molecule has 1 aliphatic heterocycles. The summed E-state index contributed by atoms with van der Waals surface area (Å²) in [6.07, 6.45) is 5.54. The summed E-state index contributed by atoms with van der Waals surface area (Å²) in [5.74, 6) is 0.484. The van der Waals surface area contributed by atoms with E-state index < -0.39 is 0 Å². The number of hydrogen-bond donors (Lipinski definition) is 1. The first kappa shape index (κ1) is 22.4. The number of carbonyl (C=O) groups is 1. The number of carbonyl (C=O) groups excluding carboxylic acids is 1. The van der Waals surface area contributed by atoms with Crippen molar-refractivity contribution in [1.82, 2.24) is 25.1 Å². The Hall–Kier alpha value is -4.05. The molecule has 4 heterocycles. The number of hydrogen-bond acceptors (Lipinski definition) is 5. The van der Waals surface area contributed by atoms with Crippen molar-refractivity contribution >= 4 is 16.9 Å². The van der Waals surface area contributed by atoms with Gasteiger partial charge in [-0.3, -0.25) is 14.9 Å². The van der Waals surface area contributed by atoms with Gasteiger partial charge in [0, 0.05) is 48.9 Å². The summed E-state index contributed by atoms with van der Waals surface area (Å²) in [6.45, 7) is 5.29. The third-order valence-corrected chi connectivity index (χ3v) is 7.83. The zero-order valence-corrected chi connectivity index (χ0v) is 20.6. The molecule has 1 aromatic carbocycles. The number of aryl methyl sites for hydroxylation is 1. The number of piperidine rings is 1. The highest BCUT2D eigenvalue weighted by Crippen LogP contribution is 2.40. The van der Waals surface area contributed by atoms with Crippen LogP contribution in [0.1, 0.15) is 60.4 Å². The van der Waals surface area contributed by atoms with Gasteiger partial charge >= 0.3 is 0 Å². The normalized spacial score (nSPS) is 17.8. The molecule has 1 N–H and O–H groups in total. The zero-order valence-electron chi connectivity index (χ0n) is 20.6. The second kappa shape index (κ2) is 8.87. The highest BCUT2D eigenvalue weighted by molar-refractivity contribution is 5.92. The van der Waals surface area contributed by atoms with Crippen LogP contribution in [0.15, 0.2) is 42.6 Å². The third kappa shape index (κ3) is 3.74. The quantitative estimate of drug-likeness (QED) is 0.434. The van der Waals surface area contributed by atoms with Crippen molar-refractivity contribution in [2.24, 2.45) is 0 Å². The number of nitrogens with one attached hydrogen (secondary N) is 1. The minimum absolute atomic E-state index is 0.0345. The largest absolute Gasteiger partial charge is 0.343 e. The molecule has 1 unspecified atom stereocenters. The summed E-state index contributed by atoms with van der Waals surface area (Å²) < 4.78 is 0. The predicted molar refractivity (Wildman–Crippen MR) is 138 cm³/mol. The molecule has 36 heavy (non-hydrogen) atoms. The molecule has 1 fully saturated rings. The molecule has 180 valence electrons. The molecule has 0 saturated carbocycles. The molecule has 0 radical (unpaired) electrons. The maximum absolute atomic E-state index is 11.6. The van der Waals surface area contributed by atoms with Crippen LogP contribution in [0.3, 0.4) is 0 Å². The maximum Gasteiger partial charge on any atom is 0.219 e. The molecule has 0 bridgehead atoms. The van der Waals surface area contributed by atoms with Crippen molar-refractivity contribution < 1.29 is 4.79 Å². The molecular formula is C29H28N6O. The summed E-state index contributed by atoms with van der Waals surface area (Å²) in [4.78, 5) is 23.4. The maximum atomic E-state index is 11.6. The molecule has 3 aromatic heterocycles. The summed E-state index contributed by atoms with van der Waals surface area (Å²) >= 11 is 0. The molecule has 1 amide bonds. The minimum Gasteiger partial charge on any atom is -0.343 e. The van der Waals surface area contributed by atoms with E-state index in [0.717, 1.165) is 89.1 Å². The van der Waals surface area contributed by atoms with Crippen LogP contribution in [0.25, 0.3) is 33.5 Å². The highest BCUT2D eigenvalue weighted by Gasteiger charge is 2.26. The summed E-state index contributed by atoms with van der Waals surface area (Å²) in [6, 6.07) is 14.9. The number of benzene rings is 1. The van der Waals surface area contributed by atoms with Crippen molar-refractivity contribution in [2.45, 2.75) is 51.4 Å². The Bertz CT molecular complexity index is 1510. The van der Waals surface area contributed by atoms with Gasteiger partial charge in [0.25, 0.3) is 0 Å². The lowest BCUT2D eigenvalue weighted by Gasteiger charge is -2.31. The molecule has 1 atom stereocenters.